The van der Waals surface area contributed by atoms with E-state index in [1.807, 2.05) is 49.5 Å². The van der Waals surface area contributed by atoms with Crippen molar-refractivity contribution in [2.75, 3.05) is 19.0 Å². The molecule has 1 aliphatic heterocycles. The van der Waals surface area contributed by atoms with Gasteiger partial charge in [-0.1, -0.05) is 0 Å². The standard InChI is InChI=1S/C17H17NO2/c1-18-15-7-4-12(5-8-15)17(19)14-6-9-16-13(11-14)3-2-10-20-16/h4-9,11,18H,2-3,10H2,1H3. The molecular weight excluding hydrogens is 250 g/mol. The van der Waals surface area contributed by atoms with Crippen molar-refractivity contribution >= 4 is 11.5 Å². The first-order chi connectivity index (χ1) is 9.78. The molecule has 0 atom stereocenters. The van der Waals surface area contributed by atoms with Crippen LogP contribution in [0, 0.1) is 0 Å². The smallest absolute Gasteiger partial charge is 0.193 e. The first kappa shape index (κ1) is 12.7. The Labute approximate surface area is 118 Å². The van der Waals surface area contributed by atoms with E-state index in [0.717, 1.165) is 42.0 Å². The number of fused-ring (bicyclic) bond motifs is 1. The van der Waals surface area contributed by atoms with Crippen LogP contribution in [0.1, 0.15) is 27.9 Å². The molecule has 3 heteroatoms. The van der Waals surface area contributed by atoms with Crippen LogP contribution in [0.5, 0.6) is 5.75 Å². The lowest BCUT2D eigenvalue weighted by molar-refractivity contribution is 0.103. The van der Waals surface area contributed by atoms with Gasteiger partial charge in [0.05, 0.1) is 6.61 Å². The number of aryl methyl sites for hydroxylation is 1. The molecule has 2 aromatic rings. The third-order valence-corrected chi connectivity index (χ3v) is 3.61. The number of carbonyl (C=O) groups excluding carboxylic acids is 1. The zero-order valence-corrected chi connectivity index (χ0v) is 11.5. The SMILES string of the molecule is CNc1ccc(C(=O)c2ccc3c(c2)CCCO3)cc1. The molecule has 0 fully saturated rings. The number of carbonyl (C=O) groups is 1. The van der Waals surface area contributed by atoms with Crippen LogP contribution in [0.25, 0.3) is 0 Å². The molecule has 1 aliphatic rings. The van der Waals surface area contributed by atoms with Crippen LogP contribution in [0.3, 0.4) is 0 Å². The Bertz CT molecular complexity index is 632. The Hall–Kier alpha value is -2.29. The summed E-state index contributed by atoms with van der Waals surface area (Å²) < 4.78 is 5.57. The van der Waals surface area contributed by atoms with Gasteiger partial charge in [-0.2, -0.15) is 0 Å². The third-order valence-electron chi connectivity index (χ3n) is 3.61. The summed E-state index contributed by atoms with van der Waals surface area (Å²) in [5.41, 5.74) is 3.57. The molecule has 0 radical (unpaired) electrons. The van der Waals surface area contributed by atoms with Gasteiger partial charge in [0.1, 0.15) is 5.75 Å². The van der Waals surface area contributed by atoms with E-state index in [9.17, 15) is 4.79 Å². The topological polar surface area (TPSA) is 38.3 Å². The Kier molecular flexibility index (Phi) is 3.42. The van der Waals surface area contributed by atoms with E-state index in [0.29, 0.717) is 5.56 Å². The van der Waals surface area contributed by atoms with Crippen LogP contribution in [0.2, 0.25) is 0 Å². The van der Waals surface area contributed by atoms with Gasteiger partial charge in [0.25, 0.3) is 0 Å². The van der Waals surface area contributed by atoms with Crippen molar-refractivity contribution in [3.63, 3.8) is 0 Å². The van der Waals surface area contributed by atoms with E-state index < -0.39 is 0 Å². The maximum absolute atomic E-state index is 12.5. The third kappa shape index (κ3) is 2.39. The Morgan fingerprint density at radius 2 is 1.85 bits per heavy atom. The maximum atomic E-state index is 12.5. The minimum absolute atomic E-state index is 0.0565. The molecule has 20 heavy (non-hydrogen) atoms. The monoisotopic (exact) mass is 267 g/mol. The van der Waals surface area contributed by atoms with Crippen molar-refractivity contribution in [1.82, 2.24) is 0 Å². The number of rotatable bonds is 3. The summed E-state index contributed by atoms with van der Waals surface area (Å²) in [6.07, 6.45) is 2.00. The fourth-order valence-electron chi connectivity index (χ4n) is 2.46. The average molecular weight is 267 g/mol. The van der Waals surface area contributed by atoms with Gasteiger partial charge in [-0.25, -0.2) is 0 Å². The van der Waals surface area contributed by atoms with Crippen molar-refractivity contribution in [2.24, 2.45) is 0 Å². The number of hydrogen-bond donors (Lipinski definition) is 1. The summed E-state index contributed by atoms with van der Waals surface area (Å²) >= 11 is 0. The fraction of sp³-hybridized carbons (Fsp3) is 0.235. The summed E-state index contributed by atoms with van der Waals surface area (Å²) in [5.74, 6) is 0.972. The molecule has 0 amide bonds. The summed E-state index contributed by atoms with van der Waals surface area (Å²) in [5, 5.41) is 3.05. The molecule has 0 spiro atoms. The van der Waals surface area contributed by atoms with Crippen LogP contribution in [-0.2, 0) is 6.42 Å². The lowest BCUT2D eigenvalue weighted by Gasteiger charge is -2.17. The van der Waals surface area contributed by atoms with Crippen molar-refractivity contribution in [2.45, 2.75) is 12.8 Å². The second-order valence-electron chi connectivity index (χ2n) is 4.93. The van der Waals surface area contributed by atoms with Gasteiger partial charge in [0.2, 0.25) is 0 Å². The molecule has 102 valence electrons. The Morgan fingerprint density at radius 1 is 1.10 bits per heavy atom. The lowest BCUT2D eigenvalue weighted by Crippen LogP contribution is -2.10. The van der Waals surface area contributed by atoms with Gasteiger partial charge >= 0.3 is 0 Å². The number of hydrogen-bond acceptors (Lipinski definition) is 3. The molecule has 3 nitrogen and oxygen atoms in total. The van der Waals surface area contributed by atoms with Gasteiger partial charge in [-0.15, -0.1) is 0 Å². The van der Waals surface area contributed by atoms with Crippen LogP contribution in [0.15, 0.2) is 42.5 Å². The highest BCUT2D eigenvalue weighted by Crippen LogP contribution is 2.26. The highest BCUT2D eigenvalue weighted by molar-refractivity contribution is 6.09. The second-order valence-corrected chi connectivity index (χ2v) is 4.93. The predicted molar refractivity (Wildman–Crippen MR) is 79.7 cm³/mol. The van der Waals surface area contributed by atoms with Crippen molar-refractivity contribution in [1.29, 1.82) is 0 Å². The van der Waals surface area contributed by atoms with Crippen molar-refractivity contribution in [3.05, 3.63) is 59.2 Å². The molecule has 0 aromatic heterocycles. The van der Waals surface area contributed by atoms with E-state index >= 15 is 0 Å². The van der Waals surface area contributed by atoms with E-state index in [2.05, 4.69) is 5.32 Å². The number of ether oxygens (including phenoxy) is 1. The lowest BCUT2D eigenvalue weighted by atomic mass is 9.98. The number of ketones is 1. The van der Waals surface area contributed by atoms with E-state index in [1.165, 1.54) is 0 Å². The minimum atomic E-state index is 0.0565. The molecule has 0 bridgehead atoms. The predicted octanol–water partition coefficient (Wildman–Crippen LogP) is 3.28. The molecule has 0 saturated heterocycles. The van der Waals surface area contributed by atoms with Crippen molar-refractivity contribution < 1.29 is 9.53 Å². The van der Waals surface area contributed by atoms with Crippen LogP contribution in [0.4, 0.5) is 5.69 Å². The molecular formula is C17H17NO2. The van der Waals surface area contributed by atoms with Crippen LogP contribution >= 0.6 is 0 Å². The molecule has 0 saturated carbocycles. The fourth-order valence-corrected chi connectivity index (χ4v) is 2.46. The Morgan fingerprint density at radius 3 is 2.60 bits per heavy atom. The first-order valence-electron chi connectivity index (χ1n) is 6.86. The quantitative estimate of drug-likeness (QED) is 0.867. The number of benzene rings is 2. The van der Waals surface area contributed by atoms with E-state index in [4.69, 9.17) is 4.74 Å². The second kappa shape index (κ2) is 5.37. The van der Waals surface area contributed by atoms with Crippen LogP contribution < -0.4 is 10.1 Å². The first-order valence-corrected chi connectivity index (χ1v) is 6.86. The van der Waals surface area contributed by atoms with Gasteiger partial charge in [-0.05, 0) is 60.9 Å². The molecule has 1 heterocycles. The largest absolute Gasteiger partial charge is 0.493 e. The highest BCUT2D eigenvalue weighted by Gasteiger charge is 2.14. The molecule has 0 aliphatic carbocycles. The summed E-state index contributed by atoms with van der Waals surface area (Å²) in [6, 6.07) is 13.2. The zero-order valence-electron chi connectivity index (χ0n) is 11.5. The van der Waals surface area contributed by atoms with Gasteiger partial charge in [-0.3, -0.25) is 4.79 Å². The number of nitrogens with one attached hydrogen (secondary N) is 1. The maximum Gasteiger partial charge on any atom is 0.193 e. The molecule has 2 aromatic carbocycles. The van der Waals surface area contributed by atoms with E-state index in [-0.39, 0.29) is 5.78 Å². The normalized spacial score (nSPS) is 13.2. The minimum Gasteiger partial charge on any atom is -0.493 e. The summed E-state index contributed by atoms with van der Waals surface area (Å²) in [7, 11) is 1.86. The summed E-state index contributed by atoms with van der Waals surface area (Å²) in [4.78, 5) is 12.5. The van der Waals surface area contributed by atoms with Gasteiger partial charge in [0.15, 0.2) is 5.78 Å². The molecule has 0 unspecified atom stereocenters. The highest BCUT2D eigenvalue weighted by atomic mass is 16.5. The van der Waals surface area contributed by atoms with E-state index in [1.54, 1.807) is 0 Å². The van der Waals surface area contributed by atoms with Gasteiger partial charge in [0, 0.05) is 23.9 Å². The molecule has 3 rings (SSSR count). The van der Waals surface area contributed by atoms with Crippen molar-refractivity contribution in [3.8, 4) is 5.75 Å². The zero-order chi connectivity index (χ0) is 13.9. The summed E-state index contributed by atoms with van der Waals surface area (Å²) in [6.45, 7) is 0.770. The van der Waals surface area contributed by atoms with Crippen LogP contribution in [-0.4, -0.2) is 19.4 Å². The Balaban J connectivity index is 1.89. The molecule has 1 N–H and O–H groups in total. The number of anilines is 1. The van der Waals surface area contributed by atoms with Gasteiger partial charge < -0.3 is 10.1 Å². The average Bonchev–Trinajstić information content (AvgIpc) is 2.54.